The van der Waals surface area contributed by atoms with Crippen molar-refractivity contribution in [3.63, 3.8) is 0 Å². The molecule has 0 saturated carbocycles. The van der Waals surface area contributed by atoms with Gasteiger partial charge in [0.15, 0.2) is 11.5 Å². The van der Waals surface area contributed by atoms with E-state index in [1.54, 1.807) is 12.1 Å². The van der Waals surface area contributed by atoms with Crippen molar-refractivity contribution in [3.05, 3.63) is 76.0 Å². The second-order valence-corrected chi connectivity index (χ2v) is 5.33. The number of aromatic nitrogens is 2. The molecule has 0 aliphatic rings. The van der Waals surface area contributed by atoms with Gasteiger partial charge in [-0.1, -0.05) is 30.3 Å². The van der Waals surface area contributed by atoms with Crippen LogP contribution in [0.25, 0.3) is 0 Å². The fraction of sp³-hybridized carbons (Fsp3) is 0.0556. The summed E-state index contributed by atoms with van der Waals surface area (Å²) in [7, 11) is 0. The number of benzene rings is 2. The molecule has 0 unspecified atom stereocenters. The van der Waals surface area contributed by atoms with Crippen molar-refractivity contribution >= 4 is 11.6 Å². The quantitative estimate of drug-likeness (QED) is 0.520. The third kappa shape index (κ3) is 4.26. The number of hydrogen-bond acceptors (Lipinski definition) is 8. The maximum absolute atomic E-state index is 11.2. The van der Waals surface area contributed by atoms with Crippen LogP contribution in [0.1, 0.15) is 11.1 Å². The summed E-state index contributed by atoms with van der Waals surface area (Å²) in [4.78, 5) is 17.8. The van der Waals surface area contributed by atoms with Crippen LogP contribution in [0.15, 0.2) is 54.7 Å². The first-order valence-electron chi connectivity index (χ1n) is 7.72. The van der Waals surface area contributed by atoms with Crippen LogP contribution in [-0.4, -0.2) is 14.9 Å². The van der Waals surface area contributed by atoms with E-state index in [1.807, 2.05) is 36.4 Å². The molecule has 9 nitrogen and oxygen atoms in total. The highest BCUT2D eigenvalue weighted by molar-refractivity contribution is 5.51. The third-order valence-corrected chi connectivity index (χ3v) is 3.47. The number of nitrogens with zero attached hydrogens (tertiary/aromatic N) is 4. The van der Waals surface area contributed by atoms with Gasteiger partial charge in [0, 0.05) is 6.07 Å². The maximum atomic E-state index is 11.2. The number of nitriles is 1. The Hall–Kier alpha value is -4.19. The van der Waals surface area contributed by atoms with Crippen molar-refractivity contribution < 1.29 is 14.4 Å². The molecule has 134 valence electrons. The maximum Gasteiger partial charge on any atom is 0.349 e. The molecule has 0 aliphatic heterocycles. The van der Waals surface area contributed by atoms with E-state index in [1.165, 1.54) is 6.07 Å². The van der Waals surface area contributed by atoms with Crippen molar-refractivity contribution in [1.82, 2.24) is 9.97 Å². The largest absolute Gasteiger partial charge is 0.485 e. The molecule has 0 spiro atoms. The molecule has 0 atom stereocenters. The lowest BCUT2D eigenvalue weighted by Crippen LogP contribution is -2.03. The molecule has 3 rings (SSSR count). The Morgan fingerprint density at radius 1 is 1.19 bits per heavy atom. The molecule has 9 heteroatoms. The van der Waals surface area contributed by atoms with Gasteiger partial charge in [0.2, 0.25) is 5.95 Å². The van der Waals surface area contributed by atoms with Crippen LogP contribution in [0.5, 0.6) is 17.4 Å². The minimum Gasteiger partial charge on any atom is -0.485 e. The standard InChI is InChI=1S/C18H13N5O4/c19-9-13-6-7-15(26-11-12-4-2-1-3-5-12)16(8-13)27-17-14(23(24)25)10-21-18(20)22-17/h1-8,10H,11H2,(H2,20,21,22). The first-order valence-corrected chi connectivity index (χ1v) is 7.72. The monoisotopic (exact) mass is 363 g/mol. The Kier molecular flexibility index (Phi) is 5.09. The summed E-state index contributed by atoms with van der Waals surface area (Å²) in [5, 5.41) is 20.3. The predicted octanol–water partition coefficient (Wildman–Crippen LogP) is 3.21. The summed E-state index contributed by atoms with van der Waals surface area (Å²) >= 11 is 0. The molecule has 3 aromatic rings. The van der Waals surface area contributed by atoms with Gasteiger partial charge in [-0.3, -0.25) is 10.1 Å². The number of nitrogens with two attached hydrogens (primary N) is 1. The average Bonchev–Trinajstić information content (AvgIpc) is 2.67. The van der Waals surface area contributed by atoms with Crippen molar-refractivity contribution in [2.45, 2.75) is 6.61 Å². The zero-order chi connectivity index (χ0) is 19.2. The summed E-state index contributed by atoms with van der Waals surface area (Å²) in [6, 6.07) is 15.9. The predicted molar refractivity (Wildman–Crippen MR) is 95.1 cm³/mol. The van der Waals surface area contributed by atoms with Gasteiger partial charge in [0.25, 0.3) is 0 Å². The van der Waals surface area contributed by atoms with E-state index >= 15 is 0 Å². The minimum absolute atomic E-state index is 0.103. The molecule has 0 fully saturated rings. The van der Waals surface area contributed by atoms with Gasteiger partial charge >= 0.3 is 11.6 Å². The molecule has 0 radical (unpaired) electrons. The number of anilines is 1. The Bertz CT molecular complexity index is 1020. The van der Waals surface area contributed by atoms with Crippen molar-refractivity contribution in [2.75, 3.05) is 5.73 Å². The Balaban J connectivity index is 1.93. The molecule has 2 aromatic carbocycles. The second kappa shape index (κ2) is 7.79. The van der Waals surface area contributed by atoms with Crippen LogP contribution in [-0.2, 0) is 6.61 Å². The number of hydrogen-bond donors (Lipinski definition) is 1. The van der Waals surface area contributed by atoms with E-state index in [4.69, 9.17) is 20.5 Å². The second-order valence-electron chi connectivity index (χ2n) is 5.33. The number of ether oxygens (including phenoxy) is 2. The van der Waals surface area contributed by atoms with E-state index in [9.17, 15) is 10.1 Å². The average molecular weight is 363 g/mol. The lowest BCUT2D eigenvalue weighted by atomic mass is 10.2. The van der Waals surface area contributed by atoms with E-state index in [0.717, 1.165) is 11.8 Å². The van der Waals surface area contributed by atoms with Crippen LogP contribution in [0.4, 0.5) is 11.6 Å². The SMILES string of the molecule is N#Cc1ccc(OCc2ccccc2)c(Oc2nc(N)ncc2[N+](=O)[O-])c1. The summed E-state index contributed by atoms with van der Waals surface area (Å²) < 4.78 is 11.3. The van der Waals surface area contributed by atoms with E-state index in [-0.39, 0.29) is 24.2 Å². The third-order valence-electron chi connectivity index (χ3n) is 3.47. The Morgan fingerprint density at radius 2 is 1.96 bits per heavy atom. The van der Waals surface area contributed by atoms with E-state index < -0.39 is 10.6 Å². The van der Waals surface area contributed by atoms with Gasteiger partial charge in [-0.25, -0.2) is 4.98 Å². The van der Waals surface area contributed by atoms with Crippen LogP contribution < -0.4 is 15.2 Å². The summed E-state index contributed by atoms with van der Waals surface area (Å²) in [5.74, 6) is -0.124. The number of nitrogen functional groups attached to an aromatic ring is 1. The molecule has 0 amide bonds. The van der Waals surface area contributed by atoms with Gasteiger partial charge in [-0.2, -0.15) is 10.2 Å². The number of nitro groups is 1. The fourth-order valence-electron chi connectivity index (χ4n) is 2.19. The van der Waals surface area contributed by atoms with E-state index in [2.05, 4.69) is 9.97 Å². The highest BCUT2D eigenvalue weighted by atomic mass is 16.6. The summed E-state index contributed by atoms with van der Waals surface area (Å²) in [5.41, 5.74) is 6.26. The summed E-state index contributed by atoms with van der Waals surface area (Å²) in [6.45, 7) is 0.247. The normalized spacial score (nSPS) is 10.0. The smallest absolute Gasteiger partial charge is 0.349 e. The topological polar surface area (TPSA) is 137 Å². The lowest BCUT2D eigenvalue weighted by Gasteiger charge is -2.12. The highest BCUT2D eigenvalue weighted by Gasteiger charge is 2.21. The highest BCUT2D eigenvalue weighted by Crippen LogP contribution is 2.36. The van der Waals surface area contributed by atoms with Gasteiger partial charge in [0.1, 0.15) is 12.8 Å². The zero-order valence-electron chi connectivity index (χ0n) is 13.9. The van der Waals surface area contributed by atoms with Gasteiger partial charge in [-0.15, -0.1) is 0 Å². The first kappa shape index (κ1) is 17.6. The molecule has 2 N–H and O–H groups in total. The molecule has 1 aromatic heterocycles. The van der Waals surface area contributed by atoms with Crippen molar-refractivity contribution in [1.29, 1.82) is 5.26 Å². The van der Waals surface area contributed by atoms with Crippen molar-refractivity contribution in [3.8, 4) is 23.4 Å². The van der Waals surface area contributed by atoms with E-state index in [0.29, 0.717) is 11.3 Å². The van der Waals surface area contributed by atoms with Gasteiger partial charge in [0.05, 0.1) is 16.6 Å². The minimum atomic E-state index is -0.687. The van der Waals surface area contributed by atoms with Crippen LogP contribution in [0.3, 0.4) is 0 Å². The molecule has 27 heavy (non-hydrogen) atoms. The molecular formula is C18H13N5O4. The number of rotatable bonds is 6. The van der Waals surface area contributed by atoms with Crippen molar-refractivity contribution in [2.24, 2.45) is 0 Å². The molecule has 1 heterocycles. The molecular weight excluding hydrogens is 350 g/mol. The lowest BCUT2D eigenvalue weighted by molar-refractivity contribution is -0.386. The summed E-state index contributed by atoms with van der Waals surface area (Å²) in [6.07, 6.45) is 0.955. The zero-order valence-corrected chi connectivity index (χ0v) is 13.9. The molecule has 0 aliphatic carbocycles. The molecule has 0 bridgehead atoms. The van der Waals surface area contributed by atoms with Gasteiger partial charge < -0.3 is 15.2 Å². The first-order chi connectivity index (χ1) is 13.1. The Labute approximate surface area is 153 Å². The van der Waals surface area contributed by atoms with Crippen LogP contribution in [0, 0.1) is 21.4 Å². The molecule has 0 saturated heterocycles. The fourth-order valence-corrected chi connectivity index (χ4v) is 2.19. The van der Waals surface area contributed by atoms with Crippen LogP contribution in [0.2, 0.25) is 0 Å². The van der Waals surface area contributed by atoms with Crippen LogP contribution >= 0.6 is 0 Å². The van der Waals surface area contributed by atoms with Gasteiger partial charge in [-0.05, 0) is 17.7 Å². The Morgan fingerprint density at radius 3 is 2.67 bits per heavy atom.